The van der Waals surface area contributed by atoms with Crippen LogP contribution in [0.25, 0.3) is 0 Å². The van der Waals surface area contributed by atoms with Gasteiger partial charge in [0.25, 0.3) is 0 Å². The van der Waals surface area contributed by atoms with Gasteiger partial charge in [-0.3, -0.25) is 9.78 Å². The molecule has 0 amide bonds. The van der Waals surface area contributed by atoms with Crippen LogP contribution >= 0.6 is 0 Å². The van der Waals surface area contributed by atoms with E-state index < -0.39 is 8.07 Å². The normalized spacial score (nSPS) is 11.7. The van der Waals surface area contributed by atoms with E-state index in [9.17, 15) is 4.79 Å². The van der Waals surface area contributed by atoms with Crippen LogP contribution in [0, 0.1) is 0 Å². The molecule has 2 rings (SSSR count). The summed E-state index contributed by atoms with van der Waals surface area (Å²) in [5.74, 6) is 0.939. The molecule has 0 N–H and O–H groups in total. The van der Waals surface area contributed by atoms with Crippen LogP contribution in [0.5, 0.6) is 11.5 Å². The van der Waals surface area contributed by atoms with Crippen molar-refractivity contribution >= 4 is 24.5 Å². The quantitative estimate of drug-likeness (QED) is 0.452. The van der Waals surface area contributed by atoms with Crippen molar-refractivity contribution in [3.63, 3.8) is 0 Å². The van der Waals surface area contributed by atoms with Gasteiger partial charge >= 0.3 is 5.97 Å². The predicted octanol–water partition coefficient (Wildman–Crippen LogP) is 3.40. The van der Waals surface area contributed by atoms with Crippen molar-refractivity contribution in [1.82, 2.24) is 4.98 Å². The van der Waals surface area contributed by atoms with E-state index in [4.69, 9.17) is 14.5 Å². The smallest absolute Gasteiger partial charge is 0.308 e. The van der Waals surface area contributed by atoms with E-state index in [0.717, 1.165) is 10.5 Å². The third-order valence-corrected chi connectivity index (χ3v) is 10.9. The molecule has 0 aliphatic heterocycles. The molecular formula is C20H27NO3Si. The third-order valence-electron chi connectivity index (χ3n) is 4.80. The van der Waals surface area contributed by atoms with Gasteiger partial charge in [-0.2, -0.15) is 0 Å². The van der Waals surface area contributed by atoms with Gasteiger partial charge in [-0.25, -0.2) is 0 Å². The summed E-state index contributed by atoms with van der Waals surface area (Å²) in [4.78, 5) is 16.4. The van der Waals surface area contributed by atoms with E-state index >= 15 is 0 Å². The Hall–Kier alpha value is -2.14. The second-order valence-electron chi connectivity index (χ2n) is 6.85. The molecule has 0 saturated carbocycles. The second-order valence-corrected chi connectivity index (χ2v) is 11.9. The molecule has 1 aromatic heterocycles. The van der Waals surface area contributed by atoms with Crippen LogP contribution in [0.2, 0.25) is 11.1 Å². The molecule has 0 aliphatic rings. The van der Waals surface area contributed by atoms with E-state index in [1.54, 1.807) is 7.11 Å². The number of rotatable bonds is 6. The standard InChI is InChI=1S/C20H27NO3Si/c1-14(2)25(15(3)4,20-9-7-8-12-21-20)19-11-10-17(23-6)13-18(19)24-16(5)22/h7-15H,1-6H3. The Balaban J connectivity index is 2.80. The molecule has 2 aromatic rings. The van der Waals surface area contributed by atoms with Crippen LogP contribution in [0.3, 0.4) is 0 Å². The van der Waals surface area contributed by atoms with Crippen molar-refractivity contribution in [2.75, 3.05) is 7.11 Å². The van der Waals surface area contributed by atoms with E-state index in [1.165, 1.54) is 6.92 Å². The summed E-state index contributed by atoms with van der Waals surface area (Å²) in [6.45, 7) is 10.4. The molecule has 0 bridgehead atoms. The van der Waals surface area contributed by atoms with Gasteiger partial charge in [0.2, 0.25) is 0 Å². The minimum Gasteiger partial charge on any atom is -0.497 e. The number of pyridine rings is 1. The van der Waals surface area contributed by atoms with Crippen molar-refractivity contribution in [1.29, 1.82) is 0 Å². The molecule has 1 aromatic carbocycles. The molecule has 25 heavy (non-hydrogen) atoms. The lowest BCUT2D eigenvalue weighted by Crippen LogP contribution is -2.64. The van der Waals surface area contributed by atoms with E-state index in [1.807, 2.05) is 30.5 Å². The first kappa shape index (κ1) is 19.2. The zero-order valence-corrected chi connectivity index (χ0v) is 16.9. The Bertz CT molecular complexity index is 721. The van der Waals surface area contributed by atoms with Crippen LogP contribution in [0.15, 0.2) is 42.6 Å². The molecule has 0 spiro atoms. The molecule has 0 fully saturated rings. The van der Waals surface area contributed by atoms with Gasteiger partial charge in [0.15, 0.2) is 8.07 Å². The summed E-state index contributed by atoms with van der Waals surface area (Å²) in [6.07, 6.45) is 1.84. The summed E-state index contributed by atoms with van der Waals surface area (Å²) in [6, 6.07) is 11.9. The molecule has 4 nitrogen and oxygen atoms in total. The van der Waals surface area contributed by atoms with Crippen molar-refractivity contribution < 1.29 is 14.3 Å². The van der Waals surface area contributed by atoms with Crippen molar-refractivity contribution in [2.45, 2.75) is 45.7 Å². The largest absolute Gasteiger partial charge is 0.497 e. The van der Waals surface area contributed by atoms with Gasteiger partial charge in [-0.1, -0.05) is 39.8 Å². The maximum atomic E-state index is 11.7. The first-order valence-electron chi connectivity index (χ1n) is 8.62. The summed E-state index contributed by atoms with van der Waals surface area (Å²) in [5.41, 5.74) is 0.759. The Morgan fingerprint density at radius 2 is 1.76 bits per heavy atom. The average Bonchev–Trinajstić information content (AvgIpc) is 2.56. The average molecular weight is 358 g/mol. The third kappa shape index (κ3) is 3.61. The van der Waals surface area contributed by atoms with Gasteiger partial charge in [0.1, 0.15) is 11.5 Å². The van der Waals surface area contributed by atoms with Crippen molar-refractivity contribution in [3.8, 4) is 11.5 Å². The number of carbonyl (C=O) groups excluding carboxylic acids is 1. The summed E-state index contributed by atoms with van der Waals surface area (Å²) < 4.78 is 10.9. The molecule has 5 heteroatoms. The molecule has 134 valence electrons. The lowest BCUT2D eigenvalue weighted by atomic mass is 10.3. The Kier molecular flexibility index (Phi) is 6.01. The topological polar surface area (TPSA) is 48.4 Å². The molecule has 0 saturated heterocycles. The summed E-state index contributed by atoms with van der Waals surface area (Å²) >= 11 is 0. The highest BCUT2D eigenvalue weighted by Crippen LogP contribution is 2.35. The Morgan fingerprint density at radius 1 is 1.08 bits per heavy atom. The summed E-state index contributed by atoms with van der Waals surface area (Å²) in [5, 5.41) is 2.20. The highest BCUT2D eigenvalue weighted by atomic mass is 28.3. The van der Waals surface area contributed by atoms with Gasteiger partial charge in [0.05, 0.1) is 7.11 Å². The van der Waals surface area contributed by atoms with Crippen molar-refractivity contribution in [2.24, 2.45) is 0 Å². The molecule has 0 atom stereocenters. The van der Waals surface area contributed by atoms with E-state index in [-0.39, 0.29) is 5.97 Å². The maximum absolute atomic E-state index is 11.7. The highest BCUT2D eigenvalue weighted by molar-refractivity contribution is 7.04. The van der Waals surface area contributed by atoms with Gasteiger partial charge < -0.3 is 9.47 Å². The van der Waals surface area contributed by atoms with E-state index in [2.05, 4.69) is 39.8 Å². The molecule has 1 heterocycles. The van der Waals surface area contributed by atoms with Crippen LogP contribution < -0.4 is 20.0 Å². The fourth-order valence-electron chi connectivity index (χ4n) is 3.84. The van der Waals surface area contributed by atoms with Crippen LogP contribution in [0.1, 0.15) is 34.6 Å². The number of hydrogen-bond acceptors (Lipinski definition) is 4. The number of nitrogens with zero attached hydrogens (tertiary/aromatic N) is 1. The minimum absolute atomic E-state index is 0.328. The number of hydrogen-bond donors (Lipinski definition) is 0. The van der Waals surface area contributed by atoms with Crippen LogP contribution in [0.4, 0.5) is 0 Å². The maximum Gasteiger partial charge on any atom is 0.308 e. The highest BCUT2D eigenvalue weighted by Gasteiger charge is 2.46. The minimum atomic E-state index is -2.29. The number of methoxy groups -OCH3 is 1. The SMILES string of the molecule is COc1ccc([Si](c2ccccn2)(C(C)C)C(C)C)c(OC(C)=O)c1. The van der Waals surface area contributed by atoms with Gasteiger partial charge in [-0.15, -0.1) is 0 Å². The molecule has 0 radical (unpaired) electrons. The zero-order chi connectivity index (χ0) is 18.6. The number of benzene rings is 1. The predicted molar refractivity (Wildman–Crippen MR) is 104 cm³/mol. The summed E-state index contributed by atoms with van der Waals surface area (Å²) in [7, 11) is -0.681. The lowest BCUT2D eigenvalue weighted by Gasteiger charge is -2.40. The van der Waals surface area contributed by atoms with Crippen LogP contribution in [-0.2, 0) is 4.79 Å². The number of carbonyl (C=O) groups is 1. The number of esters is 1. The first-order valence-corrected chi connectivity index (χ1v) is 10.8. The lowest BCUT2D eigenvalue weighted by molar-refractivity contribution is -0.131. The van der Waals surface area contributed by atoms with Crippen LogP contribution in [-0.4, -0.2) is 26.1 Å². The number of aromatic nitrogens is 1. The number of ether oxygens (including phenoxy) is 2. The van der Waals surface area contributed by atoms with Gasteiger partial charge in [-0.05, 0) is 34.5 Å². The second kappa shape index (κ2) is 7.83. The zero-order valence-electron chi connectivity index (χ0n) is 15.9. The molecule has 0 aliphatic carbocycles. The Labute approximate surface area is 151 Å². The van der Waals surface area contributed by atoms with E-state index in [0.29, 0.717) is 22.6 Å². The fraction of sp³-hybridized carbons (Fsp3) is 0.400. The molecule has 0 unspecified atom stereocenters. The van der Waals surface area contributed by atoms with Gasteiger partial charge in [0, 0.05) is 24.5 Å². The fourth-order valence-corrected chi connectivity index (χ4v) is 9.42. The monoisotopic (exact) mass is 357 g/mol. The first-order chi connectivity index (χ1) is 11.8. The molecular weight excluding hydrogens is 330 g/mol. The van der Waals surface area contributed by atoms with Crippen molar-refractivity contribution in [3.05, 3.63) is 42.6 Å². The Morgan fingerprint density at radius 3 is 2.24 bits per heavy atom.